The summed E-state index contributed by atoms with van der Waals surface area (Å²) in [5.41, 5.74) is 6.23. The Hall–Kier alpha value is -2.15. The quantitative estimate of drug-likeness (QED) is 0.744. The molecule has 2 aromatic carbocycles. The highest BCUT2D eigenvalue weighted by molar-refractivity contribution is 6.33. The van der Waals surface area contributed by atoms with Crippen LogP contribution in [-0.2, 0) is 0 Å². The molecule has 0 amide bonds. The molecule has 3 rings (SSSR count). The predicted octanol–water partition coefficient (Wildman–Crippen LogP) is 3.96. The van der Waals surface area contributed by atoms with Crippen molar-refractivity contribution in [3.8, 4) is 0 Å². The van der Waals surface area contributed by atoms with Gasteiger partial charge in [0.1, 0.15) is 0 Å². The highest BCUT2D eigenvalue weighted by Crippen LogP contribution is 2.28. The molecule has 0 aromatic heterocycles. The predicted molar refractivity (Wildman–Crippen MR) is 76.9 cm³/mol. The number of allylic oxidation sites excluding steroid dienone is 1. The molecule has 0 aliphatic carbocycles. The third kappa shape index (κ3) is 1.88. The van der Waals surface area contributed by atoms with Crippen LogP contribution in [0.5, 0.6) is 0 Å². The summed E-state index contributed by atoms with van der Waals surface area (Å²) in [6, 6.07) is 20.9. The third-order valence-corrected chi connectivity index (χ3v) is 3.25. The molecule has 0 radical (unpaired) electrons. The molecule has 1 aliphatic rings. The van der Waals surface area contributed by atoms with Gasteiger partial charge < -0.3 is 0 Å². The van der Waals surface area contributed by atoms with Crippen molar-refractivity contribution in [2.75, 3.05) is 6.54 Å². The monoisotopic (exact) mass is 233 g/mol. The Kier molecular flexibility index (Phi) is 2.81. The van der Waals surface area contributed by atoms with Gasteiger partial charge in [0.05, 0.1) is 12.3 Å². The molecule has 0 saturated heterocycles. The summed E-state index contributed by atoms with van der Waals surface area (Å²) in [5, 5.41) is 0. The van der Waals surface area contributed by atoms with Gasteiger partial charge in [-0.25, -0.2) is 0 Å². The summed E-state index contributed by atoms with van der Waals surface area (Å²) in [6.45, 7) is 2.98. The SMILES string of the molecule is CC1=C(c2ccccc2)C(c2ccccc2)=NC1. The lowest BCUT2D eigenvalue weighted by Crippen LogP contribution is -2.01. The second-order valence-corrected chi connectivity index (χ2v) is 4.55. The van der Waals surface area contributed by atoms with Gasteiger partial charge in [0.2, 0.25) is 0 Å². The van der Waals surface area contributed by atoms with E-state index in [0.29, 0.717) is 0 Å². The maximum Gasteiger partial charge on any atom is 0.0729 e. The average molecular weight is 233 g/mol. The van der Waals surface area contributed by atoms with Crippen molar-refractivity contribution in [1.29, 1.82) is 0 Å². The topological polar surface area (TPSA) is 12.4 Å². The minimum atomic E-state index is 0.814. The number of hydrogen-bond donors (Lipinski definition) is 0. The van der Waals surface area contributed by atoms with E-state index < -0.39 is 0 Å². The van der Waals surface area contributed by atoms with Crippen molar-refractivity contribution < 1.29 is 0 Å². The van der Waals surface area contributed by atoms with E-state index in [2.05, 4.69) is 60.4 Å². The van der Waals surface area contributed by atoms with Crippen molar-refractivity contribution >= 4 is 11.3 Å². The van der Waals surface area contributed by atoms with Crippen LogP contribution in [0.2, 0.25) is 0 Å². The van der Waals surface area contributed by atoms with E-state index in [-0.39, 0.29) is 0 Å². The molecule has 1 heterocycles. The summed E-state index contributed by atoms with van der Waals surface area (Å²) in [7, 11) is 0. The molecule has 88 valence electrons. The van der Waals surface area contributed by atoms with E-state index in [4.69, 9.17) is 0 Å². The fraction of sp³-hybridized carbons (Fsp3) is 0.118. The lowest BCUT2D eigenvalue weighted by atomic mass is 9.94. The molecule has 0 bridgehead atoms. The molecule has 0 fully saturated rings. The molecule has 0 atom stereocenters. The van der Waals surface area contributed by atoms with Crippen molar-refractivity contribution in [2.24, 2.45) is 4.99 Å². The zero-order chi connectivity index (χ0) is 12.4. The molecule has 1 heteroatoms. The Morgan fingerprint density at radius 2 is 1.33 bits per heavy atom. The third-order valence-electron chi connectivity index (χ3n) is 3.25. The number of aliphatic imine (C=N–C) groups is 1. The molecule has 0 saturated carbocycles. The van der Waals surface area contributed by atoms with Gasteiger partial charge in [-0.15, -0.1) is 0 Å². The van der Waals surface area contributed by atoms with Gasteiger partial charge in [0.25, 0.3) is 0 Å². The Balaban J connectivity index is 2.08. The van der Waals surface area contributed by atoms with Crippen LogP contribution >= 0.6 is 0 Å². The van der Waals surface area contributed by atoms with Gasteiger partial charge >= 0.3 is 0 Å². The number of nitrogens with zero attached hydrogens (tertiary/aromatic N) is 1. The molecule has 18 heavy (non-hydrogen) atoms. The zero-order valence-corrected chi connectivity index (χ0v) is 10.4. The molecule has 0 unspecified atom stereocenters. The van der Waals surface area contributed by atoms with Crippen LogP contribution in [0.15, 0.2) is 71.2 Å². The van der Waals surface area contributed by atoms with E-state index in [1.165, 1.54) is 22.3 Å². The van der Waals surface area contributed by atoms with E-state index in [0.717, 1.165) is 12.3 Å². The largest absolute Gasteiger partial charge is 0.280 e. The Bertz CT molecular complexity index is 607. The number of hydrogen-bond acceptors (Lipinski definition) is 1. The fourth-order valence-electron chi connectivity index (χ4n) is 2.38. The summed E-state index contributed by atoms with van der Waals surface area (Å²) in [6.07, 6.45) is 0. The molecule has 0 N–H and O–H groups in total. The van der Waals surface area contributed by atoms with E-state index >= 15 is 0 Å². The van der Waals surface area contributed by atoms with Crippen LogP contribution < -0.4 is 0 Å². The van der Waals surface area contributed by atoms with Crippen molar-refractivity contribution in [3.63, 3.8) is 0 Å². The Morgan fingerprint density at radius 1 is 0.778 bits per heavy atom. The van der Waals surface area contributed by atoms with Crippen LogP contribution in [-0.4, -0.2) is 12.3 Å². The van der Waals surface area contributed by atoms with Crippen molar-refractivity contribution in [2.45, 2.75) is 6.92 Å². The summed E-state index contributed by atoms with van der Waals surface area (Å²) in [5.74, 6) is 0. The van der Waals surface area contributed by atoms with Crippen LogP contribution in [0.1, 0.15) is 18.1 Å². The van der Waals surface area contributed by atoms with Gasteiger partial charge in [0, 0.05) is 11.1 Å². The summed E-state index contributed by atoms with van der Waals surface area (Å²) < 4.78 is 0. The summed E-state index contributed by atoms with van der Waals surface area (Å²) >= 11 is 0. The average Bonchev–Trinajstić information content (AvgIpc) is 2.83. The fourth-order valence-corrected chi connectivity index (χ4v) is 2.38. The van der Waals surface area contributed by atoms with Gasteiger partial charge in [-0.3, -0.25) is 4.99 Å². The van der Waals surface area contributed by atoms with Crippen molar-refractivity contribution in [3.05, 3.63) is 77.4 Å². The lowest BCUT2D eigenvalue weighted by molar-refractivity contribution is 1.18. The molecule has 2 aromatic rings. The first-order valence-corrected chi connectivity index (χ1v) is 6.21. The first-order chi connectivity index (χ1) is 8.86. The minimum Gasteiger partial charge on any atom is -0.280 e. The highest BCUT2D eigenvalue weighted by Gasteiger charge is 2.19. The van der Waals surface area contributed by atoms with Crippen LogP contribution in [0, 0.1) is 0 Å². The van der Waals surface area contributed by atoms with Crippen LogP contribution in [0.25, 0.3) is 5.57 Å². The first kappa shape index (κ1) is 11.0. The summed E-state index contributed by atoms with van der Waals surface area (Å²) in [4.78, 5) is 4.69. The van der Waals surface area contributed by atoms with Gasteiger partial charge in [0.15, 0.2) is 0 Å². The van der Waals surface area contributed by atoms with Crippen LogP contribution in [0.4, 0.5) is 0 Å². The molecule has 1 nitrogen and oxygen atoms in total. The van der Waals surface area contributed by atoms with E-state index in [9.17, 15) is 0 Å². The number of benzene rings is 2. The second kappa shape index (κ2) is 4.61. The maximum absolute atomic E-state index is 4.69. The second-order valence-electron chi connectivity index (χ2n) is 4.55. The Morgan fingerprint density at radius 3 is 1.94 bits per heavy atom. The van der Waals surface area contributed by atoms with E-state index in [1.807, 2.05) is 12.1 Å². The molecular formula is C17H15N. The molecule has 0 spiro atoms. The van der Waals surface area contributed by atoms with Crippen molar-refractivity contribution in [1.82, 2.24) is 0 Å². The normalized spacial score (nSPS) is 14.8. The van der Waals surface area contributed by atoms with E-state index in [1.54, 1.807) is 0 Å². The first-order valence-electron chi connectivity index (χ1n) is 6.21. The smallest absolute Gasteiger partial charge is 0.0729 e. The van der Waals surface area contributed by atoms with Gasteiger partial charge in [-0.05, 0) is 18.1 Å². The zero-order valence-electron chi connectivity index (χ0n) is 10.4. The standard InChI is InChI=1S/C17H15N/c1-13-12-18-17(15-10-6-3-7-11-15)16(13)14-8-4-2-5-9-14/h2-11H,12H2,1H3. The Labute approximate surface area is 108 Å². The maximum atomic E-state index is 4.69. The highest BCUT2D eigenvalue weighted by atomic mass is 14.8. The number of rotatable bonds is 2. The molecule has 1 aliphatic heterocycles. The molecular weight excluding hydrogens is 218 g/mol. The van der Waals surface area contributed by atoms with Gasteiger partial charge in [-0.1, -0.05) is 60.7 Å². The van der Waals surface area contributed by atoms with Crippen LogP contribution in [0.3, 0.4) is 0 Å². The van der Waals surface area contributed by atoms with Gasteiger partial charge in [-0.2, -0.15) is 0 Å². The lowest BCUT2D eigenvalue weighted by Gasteiger charge is -2.09. The minimum absolute atomic E-state index is 0.814.